The average Bonchev–Trinajstić information content (AvgIpc) is 2.30. The van der Waals surface area contributed by atoms with Crippen molar-refractivity contribution in [3.63, 3.8) is 0 Å². The van der Waals surface area contributed by atoms with Crippen molar-refractivity contribution >= 4 is 6.09 Å². The average molecular weight is 229 g/mol. The van der Waals surface area contributed by atoms with Crippen LogP contribution in [0, 0.1) is 0 Å². The normalized spacial score (nSPS) is 22.9. The Labute approximate surface area is 97.6 Å². The molecule has 2 unspecified atom stereocenters. The molecule has 0 saturated carbocycles. The summed E-state index contributed by atoms with van der Waals surface area (Å²) in [6.07, 6.45) is 4.42. The lowest BCUT2D eigenvalue weighted by Gasteiger charge is -2.35. The van der Waals surface area contributed by atoms with Crippen LogP contribution in [0.3, 0.4) is 0 Å². The summed E-state index contributed by atoms with van der Waals surface area (Å²) in [4.78, 5) is 13.7. The molecule has 94 valence electrons. The van der Waals surface area contributed by atoms with Crippen LogP contribution in [0.5, 0.6) is 0 Å². The van der Waals surface area contributed by atoms with Gasteiger partial charge in [0.1, 0.15) is 6.10 Å². The highest BCUT2D eigenvalue weighted by Crippen LogP contribution is 2.20. The van der Waals surface area contributed by atoms with Gasteiger partial charge in [-0.05, 0) is 39.0 Å². The van der Waals surface area contributed by atoms with E-state index in [1.807, 2.05) is 13.8 Å². The Morgan fingerprint density at radius 3 is 2.94 bits per heavy atom. The van der Waals surface area contributed by atoms with Crippen LogP contribution in [-0.4, -0.2) is 41.4 Å². The van der Waals surface area contributed by atoms with Gasteiger partial charge in [-0.2, -0.15) is 0 Å². The van der Waals surface area contributed by atoms with Crippen molar-refractivity contribution in [2.75, 3.05) is 13.2 Å². The molecular weight excluding hydrogens is 206 g/mol. The molecule has 0 bridgehead atoms. The highest BCUT2D eigenvalue weighted by molar-refractivity contribution is 5.68. The standard InChI is InChI=1S/C12H23NO3/c1-3-10(2)16-12(15)13-8-5-4-6-11(13)7-9-14/h10-11,14H,3-9H2,1-2H3. The van der Waals surface area contributed by atoms with Crippen molar-refractivity contribution in [3.8, 4) is 0 Å². The summed E-state index contributed by atoms with van der Waals surface area (Å²) in [5.41, 5.74) is 0. The van der Waals surface area contributed by atoms with Crippen LogP contribution in [0.15, 0.2) is 0 Å². The van der Waals surface area contributed by atoms with Crippen LogP contribution < -0.4 is 0 Å². The summed E-state index contributed by atoms with van der Waals surface area (Å²) in [6, 6.07) is 0.162. The fraction of sp³-hybridized carbons (Fsp3) is 0.917. The van der Waals surface area contributed by atoms with E-state index >= 15 is 0 Å². The first-order chi connectivity index (χ1) is 7.69. The van der Waals surface area contributed by atoms with Crippen LogP contribution in [0.1, 0.15) is 46.0 Å². The molecule has 1 rings (SSSR count). The van der Waals surface area contributed by atoms with E-state index in [1.54, 1.807) is 4.90 Å². The first kappa shape index (κ1) is 13.3. The maximum absolute atomic E-state index is 11.9. The number of nitrogens with zero attached hydrogens (tertiary/aromatic N) is 1. The van der Waals surface area contributed by atoms with Crippen molar-refractivity contribution in [2.24, 2.45) is 0 Å². The summed E-state index contributed by atoms with van der Waals surface area (Å²) in [5.74, 6) is 0. The topological polar surface area (TPSA) is 49.8 Å². The van der Waals surface area contributed by atoms with Crippen molar-refractivity contribution in [1.29, 1.82) is 0 Å². The number of hydrogen-bond acceptors (Lipinski definition) is 3. The minimum atomic E-state index is -0.215. The molecule has 1 aliphatic rings. The Morgan fingerprint density at radius 2 is 2.31 bits per heavy atom. The molecule has 0 aromatic rings. The quantitative estimate of drug-likeness (QED) is 0.803. The smallest absolute Gasteiger partial charge is 0.410 e. The predicted molar refractivity (Wildman–Crippen MR) is 62.3 cm³/mol. The van der Waals surface area contributed by atoms with Gasteiger partial charge in [-0.3, -0.25) is 0 Å². The number of amides is 1. The Kier molecular flexibility index (Phi) is 5.60. The predicted octanol–water partition coefficient (Wildman–Crippen LogP) is 2.16. The van der Waals surface area contributed by atoms with E-state index in [0.717, 1.165) is 32.2 Å². The lowest BCUT2D eigenvalue weighted by molar-refractivity contribution is 0.0413. The van der Waals surface area contributed by atoms with Crippen LogP contribution in [0.2, 0.25) is 0 Å². The first-order valence-electron chi connectivity index (χ1n) is 6.27. The van der Waals surface area contributed by atoms with Crippen LogP contribution in [-0.2, 0) is 4.74 Å². The molecule has 2 atom stereocenters. The molecule has 1 heterocycles. The number of ether oxygens (including phenoxy) is 1. The second-order valence-corrected chi connectivity index (χ2v) is 4.46. The van der Waals surface area contributed by atoms with E-state index in [2.05, 4.69) is 0 Å². The highest BCUT2D eigenvalue weighted by Gasteiger charge is 2.27. The van der Waals surface area contributed by atoms with Gasteiger partial charge >= 0.3 is 6.09 Å². The minimum Gasteiger partial charge on any atom is -0.446 e. The van der Waals surface area contributed by atoms with Gasteiger partial charge in [0.15, 0.2) is 0 Å². The number of likely N-dealkylation sites (tertiary alicyclic amines) is 1. The lowest BCUT2D eigenvalue weighted by Crippen LogP contribution is -2.45. The van der Waals surface area contributed by atoms with Gasteiger partial charge in [0.2, 0.25) is 0 Å². The first-order valence-corrected chi connectivity index (χ1v) is 6.27. The molecule has 4 heteroatoms. The summed E-state index contributed by atoms with van der Waals surface area (Å²) < 4.78 is 5.32. The van der Waals surface area contributed by atoms with Gasteiger partial charge in [-0.25, -0.2) is 4.79 Å². The highest BCUT2D eigenvalue weighted by atomic mass is 16.6. The summed E-state index contributed by atoms with van der Waals surface area (Å²) >= 11 is 0. The molecule has 1 N–H and O–H groups in total. The molecule has 0 spiro atoms. The van der Waals surface area contributed by atoms with Gasteiger partial charge in [0.25, 0.3) is 0 Å². The molecule has 0 radical (unpaired) electrons. The van der Waals surface area contributed by atoms with Gasteiger partial charge in [-0.1, -0.05) is 6.92 Å². The SMILES string of the molecule is CCC(C)OC(=O)N1CCCCC1CCO. The molecule has 0 aromatic carbocycles. The largest absolute Gasteiger partial charge is 0.446 e. The molecular formula is C12H23NO3. The fourth-order valence-electron chi connectivity index (χ4n) is 2.01. The van der Waals surface area contributed by atoms with Gasteiger partial charge < -0.3 is 14.7 Å². The Balaban J connectivity index is 2.50. The molecule has 1 saturated heterocycles. The van der Waals surface area contributed by atoms with E-state index in [-0.39, 0.29) is 24.8 Å². The molecule has 1 amide bonds. The third-order valence-electron chi connectivity index (χ3n) is 3.20. The monoisotopic (exact) mass is 229 g/mol. The molecule has 0 aliphatic carbocycles. The second kappa shape index (κ2) is 6.74. The summed E-state index contributed by atoms with van der Waals surface area (Å²) in [7, 11) is 0. The van der Waals surface area contributed by atoms with E-state index < -0.39 is 0 Å². The van der Waals surface area contributed by atoms with Crippen molar-refractivity contribution in [2.45, 2.75) is 58.1 Å². The number of carbonyl (C=O) groups is 1. The number of carbonyl (C=O) groups excluding carboxylic acids is 1. The number of aliphatic hydroxyl groups excluding tert-OH is 1. The zero-order valence-electron chi connectivity index (χ0n) is 10.3. The van der Waals surface area contributed by atoms with Gasteiger partial charge in [0.05, 0.1) is 0 Å². The molecule has 1 aliphatic heterocycles. The number of hydrogen-bond donors (Lipinski definition) is 1. The van der Waals surface area contributed by atoms with Crippen molar-refractivity contribution < 1.29 is 14.6 Å². The fourth-order valence-corrected chi connectivity index (χ4v) is 2.01. The van der Waals surface area contributed by atoms with E-state index in [4.69, 9.17) is 9.84 Å². The Bertz CT molecular complexity index is 218. The number of aliphatic hydroxyl groups is 1. The number of piperidine rings is 1. The maximum atomic E-state index is 11.9. The molecule has 4 nitrogen and oxygen atoms in total. The van der Waals surface area contributed by atoms with Crippen molar-refractivity contribution in [1.82, 2.24) is 4.90 Å². The van der Waals surface area contributed by atoms with Crippen molar-refractivity contribution in [3.05, 3.63) is 0 Å². The van der Waals surface area contributed by atoms with Crippen LogP contribution in [0.4, 0.5) is 4.79 Å². The van der Waals surface area contributed by atoms with E-state index in [9.17, 15) is 4.79 Å². The summed E-state index contributed by atoms with van der Waals surface area (Å²) in [6.45, 7) is 4.81. The Hall–Kier alpha value is -0.770. The third-order valence-corrected chi connectivity index (χ3v) is 3.20. The van der Waals surface area contributed by atoms with E-state index in [0.29, 0.717) is 6.42 Å². The lowest BCUT2D eigenvalue weighted by atomic mass is 10.0. The second-order valence-electron chi connectivity index (χ2n) is 4.46. The zero-order chi connectivity index (χ0) is 12.0. The molecule has 0 aromatic heterocycles. The Morgan fingerprint density at radius 1 is 1.56 bits per heavy atom. The number of rotatable bonds is 4. The van der Waals surface area contributed by atoms with E-state index in [1.165, 1.54) is 0 Å². The van der Waals surface area contributed by atoms with Gasteiger partial charge in [0, 0.05) is 19.2 Å². The summed E-state index contributed by atoms with van der Waals surface area (Å²) in [5, 5.41) is 8.97. The van der Waals surface area contributed by atoms with Gasteiger partial charge in [-0.15, -0.1) is 0 Å². The van der Waals surface area contributed by atoms with Crippen LogP contribution in [0.25, 0.3) is 0 Å². The minimum absolute atomic E-state index is 0.0239. The molecule has 16 heavy (non-hydrogen) atoms. The van der Waals surface area contributed by atoms with Crippen LogP contribution >= 0.6 is 0 Å². The molecule has 1 fully saturated rings. The zero-order valence-corrected chi connectivity index (χ0v) is 10.3. The third kappa shape index (κ3) is 3.67. The maximum Gasteiger partial charge on any atom is 0.410 e.